The molecule has 160 valence electrons. The van der Waals surface area contributed by atoms with Crippen LogP contribution in [0.2, 0.25) is 0 Å². The van der Waals surface area contributed by atoms with Gasteiger partial charge in [0, 0.05) is 34.6 Å². The van der Waals surface area contributed by atoms with Crippen molar-refractivity contribution in [1.29, 1.82) is 0 Å². The molecule has 5 rings (SSSR count). The molecule has 1 atom stereocenters. The maximum Gasteiger partial charge on any atom is 0.252 e. The SMILES string of the molecule is Cc1cc(C)nc(-n2nc(C)c3c2NC2=C(C(=O)CC(C)(C)C2)[C@H]3c2ccc(C)o2)n1. The lowest BCUT2D eigenvalue weighted by molar-refractivity contribution is -0.118. The van der Waals surface area contributed by atoms with Gasteiger partial charge in [-0.3, -0.25) is 4.79 Å². The number of nitrogens with one attached hydrogen (secondary N) is 1. The lowest BCUT2D eigenvalue weighted by Crippen LogP contribution is -2.34. The largest absolute Gasteiger partial charge is 0.465 e. The van der Waals surface area contributed by atoms with Crippen LogP contribution in [0, 0.1) is 33.1 Å². The van der Waals surface area contributed by atoms with Crippen molar-refractivity contribution < 1.29 is 9.21 Å². The van der Waals surface area contributed by atoms with E-state index >= 15 is 0 Å². The highest BCUT2D eigenvalue weighted by molar-refractivity contribution is 6.01. The van der Waals surface area contributed by atoms with Gasteiger partial charge in [0.1, 0.15) is 17.3 Å². The zero-order valence-corrected chi connectivity index (χ0v) is 18.8. The summed E-state index contributed by atoms with van der Waals surface area (Å²) in [6.45, 7) is 12.1. The molecule has 1 aliphatic heterocycles. The van der Waals surface area contributed by atoms with E-state index in [0.717, 1.165) is 57.7 Å². The van der Waals surface area contributed by atoms with Crippen molar-refractivity contribution in [3.63, 3.8) is 0 Å². The molecule has 0 unspecified atom stereocenters. The molecule has 2 aliphatic rings. The number of Topliss-reactive ketones (excluding diaryl/α,β-unsaturated/α-hetero) is 1. The molecular weight excluding hydrogens is 390 g/mol. The fourth-order valence-corrected chi connectivity index (χ4v) is 4.91. The van der Waals surface area contributed by atoms with E-state index in [2.05, 4.69) is 29.1 Å². The predicted molar refractivity (Wildman–Crippen MR) is 117 cm³/mol. The van der Waals surface area contributed by atoms with Crippen LogP contribution in [0.5, 0.6) is 0 Å². The second-order valence-electron chi connectivity index (χ2n) is 9.55. The number of ketones is 1. The van der Waals surface area contributed by atoms with Crippen LogP contribution in [0.1, 0.15) is 66.8 Å². The molecule has 7 nitrogen and oxygen atoms in total. The first-order chi connectivity index (χ1) is 14.6. The molecule has 31 heavy (non-hydrogen) atoms. The highest BCUT2D eigenvalue weighted by Gasteiger charge is 2.44. The molecule has 1 aliphatic carbocycles. The number of hydrogen-bond acceptors (Lipinski definition) is 6. The summed E-state index contributed by atoms with van der Waals surface area (Å²) in [4.78, 5) is 22.6. The summed E-state index contributed by atoms with van der Waals surface area (Å²) in [7, 11) is 0. The van der Waals surface area contributed by atoms with Crippen LogP contribution in [0.4, 0.5) is 5.82 Å². The molecule has 0 radical (unpaired) electrons. The summed E-state index contributed by atoms with van der Waals surface area (Å²) in [5.74, 6) is 2.80. The van der Waals surface area contributed by atoms with Crippen molar-refractivity contribution in [1.82, 2.24) is 19.7 Å². The van der Waals surface area contributed by atoms with Crippen LogP contribution in [0.3, 0.4) is 0 Å². The molecular formula is C24H27N5O2. The van der Waals surface area contributed by atoms with E-state index in [1.54, 1.807) is 4.68 Å². The fourth-order valence-electron chi connectivity index (χ4n) is 4.91. The van der Waals surface area contributed by atoms with Crippen LogP contribution in [0.25, 0.3) is 5.95 Å². The molecule has 1 N–H and O–H groups in total. The van der Waals surface area contributed by atoms with Gasteiger partial charge in [0.25, 0.3) is 5.95 Å². The minimum absolute atomic E-state index is 0.111. The molecule has 7 heteroatoms. The Bertz CT molecular complexity index is 1240. The van der Waals surface area contributed by atoms with Crippen molar-refractivity contribution in [2.75, 3.05) is 5.32 Å². The Labute approximate surface area is 181 Å². The van der Waals surface area contributed by atoms with E-state index in [1.807, 2.05) is 45.9 Å². The summed E-state index contributed by atoms with van der Waals surface area (Å²) >= 11 is 0. The van der Waals surface area contributed by atoms with Gasteiger partial charge in [0.2, 0.25) is 0 Å². The van der Waals surface area contributed by atoms with Gasteiger partial charge >= 0.3 is 0 Å². The molecule has 0 aromatic carbocycles. The van der Waals surface area contributed by atoms with Gasteiger partial charge in [-0.05, 0) is 57.7 Å². The van der Waals surface area contributed by atoms with Gasteiger partial charge in [0.05, 0.1) is 11.6 Å². The first-order valence-corrected chi connectivity index (χ1v) is 10.6. The Hall–Kier alpha value is -3.22. The van der Waals surface area contributed by atoms with Gasteiger partial charge in [0.15, 0.2) is 5.78 Å². The van der Waals surface area contributed by atoms with Gasteiger partial charge in [-0.2, -0.15) is 9.78 Å². The summed E-state index contributed by atoms with van der Waals surface area (Å²) in [6, 6.07) is 5.86. The first kappa shape index (κ1) is 19.7. The van der Waals surface area contributed by atoms with Crippen molar-refractivity contribution in [2.24, 2.45) is 5.41 Å². The van der Waals surface area contributed by atoms with Gasteiger partial charge in [-0.15, -0.1) is 0 Å². The topological polar surface area (TPSA) is 85.8 Å². The van der Waals surface area contributed by atoms with Crippen LogP contribution in [-0.4, -0.2) is 25.5 Å². The van der Waals surface area contributed by atoms with Gasteiger partial charge in [-0.1, -0.05) is 13.8 Å². The van der Waals surface area contributed by atoms with E-state index in [-0.39, 0.29) is 17.1 Å². The molecule has 0 spiro atoms. The number of allylic oxidation sites excluding steroid dienone is 2. The van der Waals surface area contributed by atoms with E-state index in [0.29, 0.717) is 12.4 Å². The number of nitrogens with zero attached hydrogens (tertiary/aromatic N) is 4. The summed E-state index contributed by atoms with van der Waals surface area (Å²) < 4.78 is 7.82. The van der Waals surface area contributed by atoms with E-state index in [1.165, 1.54) is 0 Å². The van der Waals surface area contributed by atoms with Crippen molar-refractivity contribution in [3.05, 3.63) is 63.6 Å². The third kappa shape index (κ3) is 3.19. The second kappa shape index (κ2) is 6.64. The number of hydrogen-bond donors (Lipinski definition) is 1. The predicted octanol–water partition coefficient (Wildman–Crippen LogP) is 4.69. The minimum Gasteiger partial charge on any atom is -0.465 e. The number of anilines is 1. The van der Waals surface area contributed by atoms with Gasteiger partial charge < -0.3 is 9.73 Å². The number of carbonyl (C=O) groups is 1. The molecule has 0 fully saturated rings. The Morgan fingerprint density at radius 3 is 2.45 bits per heavy atom. The minimum atomic E-state index is -0.289. The van der Waals surface area contributed by atoms with Crippen LogP contribution < -0.4 is 5.32 Å². The summed E-state index contributed by atoms with van der Waals surface area (Å²) in [6.07, 6.45) is 1.30. The fraction of sp³-hybridized carbons (Fsp3) is 0.417. The van der Waals surface area contributed by atoms with Crippen LogP contribution in [-0.2, 0) is 4.79 Å². The quantitative estimate of drug-likeness (QED) is 0.651. The Kier molecular flexibility index (Phi) is 4.22. The lowest BCUT2D eigenvalue weighted by atomic mass is 9.70. The maximum absolute atomic E-state index is 13.3. The molecule has 0 saturated carbocycles. The Morgan fingerprint density at radius 2 is 1.81 bits per heavy atom. The zero-order valence-electron chi connectivity index (χ0n) is 18.8. The van der Waals surface area contributed by atoms with E-state index in [4.69, 9.17) is 9.52 Å². The highest BCUT2D eigenvalue weighted by Crippen LogP contribution is 2.50. The number of rotatable bonds is 2. The van der Waals surface area contributed by atoms with Crippen molar-refractivity contribution in [3.8, 4) is 5.95 Å². The maximum atomic E-state index is 13.3. The molecule has 0 amide bonds. The number of aromatic nitrogens is 4. The van der Waals surface area contributed by atoms with Crippen molar-refractivity contribution in [2.45, 2.75) is 60.3 Å². The Morgan fingerprint density at radius 1 is 1.10 bits per heavy atom. The smallest absolute Gasteiger partial charge is 0.252 e. The average molecular weight is 418 g/mol. The molecule has 3 aromatic rings. The molecule has 3 aromatic heterocycles. The Balaban J connectivity index is 1.76. The van der Waals surface area contributed by atoms with Gasteiger partial charge in [-0.25, -0.2) is 9.97 Å². The normalized spacial score (nSPS) is 19.8. The molecule has 0 bridgehead atoms. The van der Waals surface area contributed by atoms with Crippen LogP contribution in [0.15, 0.2) is 33.9 Å². The third-order valence-corrected chi connectivity index (χ3v) is 6.08. The summed E-state index contributed by atoms with van der Waals surface area (Å²) in [5.41, 5.74) is 5.17. The van der Waals surface area contributed by atoms with Crippen LogP contribution >= 0.6 is 0 Å². The summed E-state index contributed by atoms with van der Waals surface area (Å²) in [5, 5.41) is 8.35. The number of furan rings is 1. The monoisotopic (exact) mass is 417 g/mol. The second-order valence-corrected chi connectivity index (χ2v) is 9.55. The number of aryl methyl sites for hydroxylation is 4. The third-order valence-electron chi connectivity index (χ3n) is 6.08. The van der Waals surface area contributed by atoms with Crippen molar-refractivity contribution >= 4 is 11.6 Å². The van der Waals surface area contributed by atoms with E-state index < -0.39 is 0 Å². The average Bonchev–Trinajstić information content (AvgIpc) is 3.22. The standard InChI is InChI=1S/C24H27N5O2/c1-12-9-13(2)26-23(25-12)29-22-19(15(4)28-29)21(18-8-7-14(3)31-18)20-16(27-22)10-24(5,6)11-17(20)30/h7-9,21,27H,10-11H2,1-6H3/t21-/m0/s1. The number of carbonyl (C=O) groups excluding carboxylic acids is 1. The molecule has 4 heterocycles. The first-order valence-electron chi connectivity index (χ1n) is 10.6. The highest BCUT2D eigenvalue weighted by atomic mass is 16.3. The zero-order chi connectivity index (χ0) is 22.1. The number of fused-ring (bicyclic) bond motifs is 1. The van der Waals surface area contributed by atoms with E-state index in [9.17, 15) is 4.79 Å². The lowest BCUT2D eigenvalue weighted by Gasteiger charge is -2.38. The molecule has 0 saturated heterocycles.